The Morgan fingerprint density at radius 3 is 2.35 bits per heavy atom. The summed E-state index contributed by atoms with van der Waals surface area (Å²) in [4.78, 5) is 40.8. The fourth-order valence-electron chi connectivity index (χ4n) is 4.36. The monoisotopic (exact) mass is 528 g/mol. The van der Waals surface area contributed by atoms with E-state index >= 15 is 0 Å². The number of hydrogen-bond donors (Lipinski definition) is 1. The average molecular weight is 529 g/mol. The minimum Gasteiger partial charge on any atom is -0.480 e. The fraction of sp³-hybridized carbons (Fsp3) is 0.222. The summed E-state index contributed by atoms with van der Waals surface area (Å²) in [5, 5.41) is 9.94. The summed E-state index contributed by atoms with van der Waals surface area (Å²) in [5.41, 5.74) is 1.40. The first-order valence-electron chi connectivity index (χ1n) is 11.4. The zero-order chi connectivity index (χ0) is 26.5. The van der Waals surface area contributed by atoms with Crippen LogP contribution >= 0.6 is 11.6 Å². The molecule has 4 rings (SSSR count). The number of rotatable bonds is 8. The van der Waals surface area contributed by atoms with Crippen LogP contribution in [0.4, 0.5) is 8.78 Å². The standard InChI is InChI=1S/C27H23ClF2N2O5/c28-20-8-4-5-17(9-20)14-32-23(33)16-37-26(25(32)19-6-2-1-3-7-19)27(36)31(15-24(34)35)13-18-10-21(29)12-22(30)11-18/h1-12,25-26H,13-16H2,(H,34,35)/t25-,26+/m1/s1. The number of ether oxygens (including phenoxy) is 1. The van der Waals surface area contributed by atoms with Gasteiger partial charge in [-0.2, -0.15) is 0 Å². The van der Waals surface area contributed by atoms with E-state index in [1.165, 1.54) is 4.90 Å². The van der Waals surface area contributed by atoms with Crippen LogP contribution in [0.2, 0.25) is 5.02 Å². The van der Waals surface area contributed by atoms with Gasteiger partial charge in [-0.15, -0.1) is 0 Å². The first-order chi connectivity index (χ1) is 17.7. The topological polar surface area (TPSA) is 87.1 Å². The number of aliphatic carboxylic acids is 1. The molecule has 7 nitrogen and oxygen atoms in total. The van der Waals surface area contributed by atoms with Crippen LogP contribution in [0.1, 0.15) is 22.7 Å². The van der Waals surface area contributed by atoms with Crippen LogP contribution in [-0.4, -0.2) is 51.9 Å². The van der Waals surface area contributed by atoms with E-state index in [-0.39, 0.29) is 24.6 Å². The Morgan fingerprint density at radius 2 is 1.70 bits per heavy atom. The maximum Gasteiger partial charge on any atom is 0.323 e. The van der Waals surface area contributed by atoms with Crippen molar-refractivity contribution in [2.45, 2.75) is 25.2 Å². The van der Waals surface area contributed by atoms with Crippen molar-refractivity contribution in [3.63, 3.8) is 0 Å². The number of benzene rings is 3. The van der Waals surface area contributed by atoms with Gasteiger partial charge in [0, 0.05) is 24.2 Å². The van der Waals surface area contributed by atoms with Gasteiger partial charge in [-0.05, 0) is 41.0 Å². The Balaban J connectivity index is 1.70. The normalized spacial score (nSPS) is 17.5. The van der Waals surface area contributed by atoms with Crippen LogP contribution in [-0.2, 0) is 32.2 Å². The van der Waals surface area contributed by atoms with E-state index in [4.69, 9.17) is 16.3 Å². The smallest absolute Gasteiger partial charge is 0.323 e. The van der Waals surface area contributed by atoms with E-state index in [0.29, 0.717) is 16.7 Å². The van der Waals surface area contributed by atoms with Crippen LogP contribution in [0.15, 0.2) is 72.8 Å². The third-order valence-corrected chi connectivity index (χ3v) is 6.12. The van der Waals surface area contributed by atoms with Gasteiger partial charge in [0.25, 0.3) is 5.91 Å². The number of carbonyl (C=O) groups is 3. The van der Waals surface area contributed by atoms with Crippen LogP contribution in [0.3, 0.4) is 0 Å². The number of morpholine rings is 1. The summed E-state index contributed by atoms with van der Waals surface area (Å²) in [7, 11) is 0. The molecule has 1 aliphatic rings. The average Bonchev–Trinajstić information content (AvgIpc) is 2.84. The predicted molar refractivity (Wildman–Crippen MR) is 130 cm³/mol. The molecule has 1 saturated heterocycles. The summed E-state index contributed by atoms with van der Waals surface area (Å²) in [6.07, 6.45) is -1.27. The van der Waals surface area contributed by atoms with Crippen molar-refractivity contribution in [1.29, 1.82) is 0 Å². The molecular weight excluding hydrogens is 506 g/mol. The molecule has 1 fully saturated rings. The summed E-state index contributed by atoms with van der Waals surface area (Å²) in [6, 6.07) is 17.5. The van der Waals surface area contributed by atoms with E-state index in [2.05, 4.69) is 0 Å². The van der Waals surface area contributed by atoms with Crippen LogP contribution in [0, 0.1) is 11.6 Å². The zero-order valence-electron chi connectivity index (χ0n) is 19.5. The second-order valence-corrected chi connectivity index (χ2v) is 9.04. The Hall–Kier alpha value is -3.82. The Morgan fingerprint density at radius 1 is 1.00 bits per heavy atom. The second-order valence-electron chi connectivity index (χ2n) is 8.60. The van der Waals surface area contributed by atoms with Gasteiger partial charge in [0.1, 0.15) is 24.8 Å². The lowest BCUT2D eigenvalue weighted by atomic mass is 9.95. The highest BCUT2D eigenvalue weighted by atomic mass is 35.5. The van der Waals surface area contributed by atoms with Gasteiger partial charge in [0.2, 0.25) is 5.91 Å². The lowest BCUT2D eigenvalue weighted by Gasteiger charge is -2.42. The van der Waals surface area contributed by atoms with Crippen molar-refractivity contribution in [3.05, 3.63) is 106 Å². The molecule has 192 valence electrons. The maximum absolute atomic E-state index is 13.8. The molecule has 3 aromatic rings. The van der Waals surface area contributed by atoms with E-state index < -0.39 is 48.8 Å². The molecular formula is C27H23ClF2N2O5. The maximum atomic E-state index is 13.8. The zero-order valence-corrected chi connectivity index (χ0v) is 20.3. The lowest BCUT2D eigenvalue weighted by Crippen LogP contribution is -2.55. The molecule has 1 N–H and O–H groups in total. The summed E-state index contributed by atoms with van der Waals surface area (Å²) < 4.78 is 33.3. The van der Waals surface area contributed by atoms with Crippen LogP contribution < -0.4 is 0 Å². The van der Waals surface area contributed by atoms with Crippen molar-refractivity contribution in [2.24, 2.45) is 0 Å². The molecule has 1 heterocycles. The Kier molecular flexibility index (Phi) is 8.15. The van der Waals surface area contributed by atoms with Gasteiger partial charge in [-0.25, -0.2) is 8.78 Å². The largest absolute Gasteiger partial charge is 0.480 e. The molecule has 10 heteroatoms. The van der Waals surface area contributed by atoms with Crippen LogP contribution in [0.25, 0.3) is 0 Å². The second kappa shape index (κ2) is 11.5. The number of amides is 2. The number of carbonyl (C=O) groups excluding carboxylic acids is 2. The van der Waals surface area contributed by atoms with Crippen molar-refractivity contribution < 1.29 is 33.0 Å². The number of carboxylic acids is 1. The molecule has 0 bridgehead atoms. The molecule has 0 aromatic heterocycles. The summed E-state index contributed by atoms with van der Waals surface area (Å²) in [5.74, 6) is -4.12. The first kappa shape index (κ1) is 26.2. The highest BCUT2D eigenvalue weighted by molar-refractivity contribution is 6.30. The highest BCUT2D eigenvalue weighted by Gasteiger charge is 2.43. The van der Waals surface area contributed by atoms with Gasteiger partial charge in [0.15, 0.2) is 6.10 Å². The van der Waals surface area contributed by atoms with E-state index in [9.17, 15) is 28.3 Å². The Labute approximate surface area is 216 Å². The molecule has 2 atom stereocenters. The third-order valence-electron chi connectivity index (χ3n) is 5.89. The van der Waals surface area contributed by atoms with Gasteiger partial charge in [-0.3, -0.25) is 14.4 Å². The molecule has 0 saturated carbocycles. The molecule has 1 aliphatic heterocycles. The van der Waals surface area contributed by atoms with E-state index in [1.54, 1.807) is 54.6 Å². The molecule has 0 spiro atoms. The van der Waals surface area contributed by atoms with E-state index in [0.717, 1.165) is 22.6 Å². The van der Waals surface area contributed by atoms with Gasteiger partial charge >= 0.3 is 5.97 Å². The highest BCUT2D eigenvalue weighted by Crippen LogP contribution is 2.33. The van der Waals surface area contributed by atoms with Gasteiger partial charge in [-0.1, -0.05) is 54.1 Å². The molecule has 0 aliphatic carbocycles. The lowest BCUT2D eigenvalue weighted by molar-refractivity contribution is -0.172. The first-order valence-corrected chi connectivity index (χ1v) is 11.7. The minimum atomic E-state index is -1.32. The molecule has 0 radical (unpaired) electrons. The summed E-state index contributed by atoms with van der Waals surface area (Å²) >= 11 is 6.12. The molecule has 0 unspecified atom stereocenters. The van der Waals surface area contributed by atoms with Gasteiger partial charge < -0.3 is 19.6 Å². The quantitative estimate of drug-likeness (QED) is 0.473. The molecule has 2 amide bonds. The third kappa shape index (κ3) is 6.49. The van der Waals surface area contributed by atoms with Crippen molar-refractivity contribution >= 4 is 29.4 Å². The van der Waals surface area contributed by atoms with Gasteiger partial charge in [0.05, 0.1) is 6.04 Å². The van der Waals surface area contributed by atoms with Crippen LogP contribution in [0.5, 0.6) is 0 Å². The summed E-state index contributed by atoms with van der Waals surface area (Å²) in [6.45, 7) is -1.39. The predicted octanol–water partition coefficient (Wildman–Crippen LogP) is 4.20. The molecule has 3 aromatic carbocycles. The van der Waals surface area contributed by atoms with Crippen molar-refractivity contribution in [3.8, 4) is 0 Å². The fourth-order valence-corrected chi connectivity index (χ4v) is 4.57. The van der Waals surface area contributed by atoms with Crippen molar-refractivity contribution in [1.82, 2.24) is 9.80 Å². The van der Waals surface area contributed by atoms with E-state index in [1.807, 2.05) is 0 Å². The minimum absolute atomic E-state index is 0.0750. The Bertz CT molecular complexity index is 1290. The number of nitrogens with zero attached hydrogens (tertiary/aromatic N) is 2. The SMILES string of the molecule is O=C(O)CN(Cc1cc(F)cc(F)c1)C(=O)[C@H]1OCC(=O)N(Cc2cccc(Cl)c2)[C@@H]1c1ccccc1. The van der Waals surface area contributed by atoms with Crippen molar-refractivity contribution in [2.75, 3.05) is 13.2 Å². The number of carboxylic acid groups (broad SMARTS) is 1. The number of halogens is 3. The number of hydrogen-bond acceptors (Lipinski definition) is 4. The molecule has 37 heavy (non-hydrogen) atoms.